The van der Waals surface area contributed by atoms with Crippen LogP contribution in [-0.2, 0) is 16.1 Å². The van der Waals surface area contributed by atoms with Crippen molar-refractivity contribution in [1.29, 1.82) is 0 Å². The number of carbonyl (C=O) groups is 2. The molecule has 3 fully saturated rings. The number of nitrogens with zero attached hydrogens (tertiary/aromatic N) is 6. The van der Waals surface area contributed by atoms with Gasteiger partial charge in [0.15, 0.2) is 11.6 Å². The van der Waals surface area contributed by atoms with E-state index < -0.39 is 11.9 Å². The molecule has 0 radical (unpaired) electrons. The molecule has 0 bridgehead atoms. The Balaban J connectivity index is 0.886. The lowest BCUT2D eigenvalue weighted by Gasteiger charge is -2.44. The van der Waals surface area contributed by atoms with Crippen LogP contribution in [-0.4, -0.2) is 94.6 Å². The number of hydrogen-bond acceptors (Lipinski definition) is 12. The molecular weight excluding hydrogens is 690 g/mol. The third-order valence-electron chi connectivity index (χ3n) is 10.1. The number of piperidine rings is 1. The molecule has 5 heterocycles. The van der Waals surface area contributed by atoms with E-state index in [9.17, 15) is 14.0 Å². The van der Waals surface area contributed by atoms with E-state index in [2.05, 4.69) is 57.4 Å². The van der Waals surface area contributed by atoms with E-state index in [4.69, 9.17) is 16.2 Å². The van der Waals surface area contributed by atoms with Crippen LogP contribution in [0, 0.1) is 11.7 Å². The number of allylic oxidation sites excluding steroid dienone is 1. The number of benzene rings is 2. The van der Waals surface area contributed by atoms with Crippen molar-refractivity contribution in [1.82, 2.24) is 30.1 Å². The summed E-state index contributed by atoms with van der Waals surface area (Å²) in [7, 11) is 0. The number of nitrogens with two attached hydrogens (primary N) is 2. The van der Waals surface area contributed by atoms with Gasteiger partial charge in [0.1, 0.15) is 18.0 Å². The van der Waals surface area contributed by atoms with Gasteiger partial charge in [0.25, 0.3) is 0 Å². The van der Waals surface area contributed by atoms with Gasteiger partial charge in [0.2, 0.25) is 11.8 Å². The Morgan fingerprint density at radius 3 is 2.61 bits per heavy atom. The molecule has 3 aliphatic heterocycles. The summed E-state index contributed by atoms with van der Waals surface area (Å²) in [4.78, 5) is 47.6. The highest BCUT2D eigenvalue weighted by molar-refractivity contribution is 6.01. The highest BCUT2D eigenvalue weighted by Gasteiger charge is 2.31. The number of rotatable bonds is 13. The molecule has 2 aromatic carbocycles. The maximum Gasteiger partial charge on any atom is 0.249 e. The third kappa shape index (κ3) is 8.69. The van der Waals surface area contributed by atoms with Crippen molar-refractivity contribution in [2.24, 2.45) is 16.6 Å². The van der Waals surface area contributed by atoms with Crippen LogP contribution < -0.4 is 31.7 Å². The van der Waals surface area contributed by atoms with Crippen molar-refractivity contribution < 1.29 is 18.7 Å². The first-order chi connectivity index (χ1) is 26.2. The molecule has 54 heavy (non-hydrogen) atoms. The third-order valence-corrected chi connectivity index (χ3v) is 10.1. The number of H-pyrrole nitrogens is 1. The summed E-state index contributed by atoms with van der Waals surface area (Å²) in [5.41, 5.74) is 17.3. The van der Waals surface area contributed by atoms with Crippen LogP contribution in [0.1, 0.15) is 37.1 Å². The van der Waals surface area contributed by atoms with Gasteiger partial charge < -0.3 is 36.3 Å². The minimum absolute atomic E-state index is 0.212. The second kappa shape index (κ2) is 16.5. The number of pyridine rings is 1. The second-order valence-electron chi connectivity index (χ2n) is 14.0. The second-order valence-corrected chi connectivity index (χ2v) is 14.0. The number of imidazole rings is 1. The maximum atomic E-state index is 14.2. The topological polar surface area (TPSA) is 183 Å². The largest absolute Gasteiger partial charge is 0.482 e. The molecule has 0 spiro atoms. The van der Waals surface area contributed by atoms with E-state index >= 15 is 0 Å². The summed E-state index contributed by atoms with van der Waals surface area (Å²) in [6.45, 7) is 9.51. The smallest absolute Gasteiger partial charge is 0.249 e. The molecule has 3 aliphatic rings. The molecule has 1 unspecified atom stereocenters. The Kier molecular flexibility index (Phi) is 11.2. The fourth-order valence-corrected chi connectivity index (χ4v) is 7.18. The number of aliphatic imine (C=N–C) groups is 1. The molecule has 3 saturated heterocycles. The summed E-state index contributed by atoms with van der Waals surface area (Å²) in [5.74, 6) is 0.333. The molecular formula is C39H46FN11O3. The molecule has 2 atom stereocenters. The normalized spacial score (nSPS) is 19.3. The summed E-state index contributed by atoms with van der Waals surface area (Å²) in [5, 5.41) is 5.63. The number of imide groups is 1. The number of carbonyl (C=O) groups excluding carboxylic acids is 2. The predicted octanol–water partition coefficient (Wildman–Crippen LogP) is 3.98. The molecule has 2 amide bonds. The molecule has 7 N–H and O–H groups in total. The average Bonchev–Trinajstić information content (AvgIpc) is 3.61. The van der Waals surface area contributed by atoms with Crippen molar-refractivity contribution in [2.75, 3.05) is 61.8 Å². The molecule has 0 saturated carbocycles. The number of halogens is 1. The van der Waals surface area contributed by atoms with Crippen LogP contribution in [0.5, 0.6) is 5.75 Å². The van der Waals surface area contributed by atoms with Gasteiger partial charge in [-0.3, -0.25) is 24.8 Å². The van der Waals surface area contributed by atoms with Gasteiger partial charge in [0, 0.05) is 99.6 Å². The molecule has 282 valence electrons. The van der Waals surface area contributed by atoms with E-state index in [1.807, 2.05) is 25.1 Å². The van der Waals surface area contributed by atoms with Crippen LogP contribution in [0.2, 0.25) is 0 Å². The number of aromatic nitrogens is 3. The van der Waals surface area contributed by atoms with Crippen LogP contribution in [0.3, 0.4) is 0 Å². The lowest BCUT2D eigenvalue weighted by molar-refractivity contribution is -0.133. The lowest BCUT2D eigenvalue weighted by Crippen LogP contribution is -2.54. The van der Waals surface area contributed by atoms with Crippen molar-refractivity contribution in [3.8, 4) is 17.0 Å². The Morgan fingerprint density at radius 2 is 1.85 bits per heavy atom. The zero-order valence-electron chi connectivity index (χ0n) is 30.2. The average molecular weight is 736 g/mol. The number of piperazine rings is 1. The van der Waals surface area contributed by atoms with E-state index in [0.29, 0.717) is 42.3 Å². The van der Waals surface area contributed by atoms with Crippen LogP contribution >= 0.6 is 0 Å². The zero-order chi connectivity index (χ0) is 37.6. The van der Waals surface area contributed by atoms with Crippen molar-refractivity contribution in [2.45, 2.75) is 38.5 Å². The molecule has 15 heteroatoms. The monoisotopic (exact) mass is 735 g/mol. The Labute approximate surface area is 313 Å². The minimum atomic E-state index is -0.574. The number of aromatic amines is 1. The Bertz CT molecular complexity index is 2000. The van der Waals surface area contributed by atoms with Gasteiger partial charge in [-0.25, -0.2) is 14.4 Å². The van der Waals surface area contributed by atoms with Crippen LogP contribution in [0.25, 0.3) is 11.3 Å². The van der Waals surface area contributed by atoms with Gasteiger partial charge in [-0.2, -0.15) is 0 Å². The maximum absolute atomic E-state index is 14.2. The fourth-order valence-electron chi connectivity index (χ4n) is 7.18. The Morgan fingerprint density at radius 1 is 1.07 bits per heavy atom. The first-order valence-electron chi connectivity index (χ1n) is 18.3. The van der Waals surface area contributed by atoms with E-state index in [1.54, 1.807) is 24.7 Å². The fraction of sp³-hybridized carbons (Fsp3) is 0.359. The zero-order valence-corrected chi connectivity index (χ0v) is 30.2. The summed E-state index contributed by atoms with van der Waals surface area (Å²) < 4.78 is 20.5. The lowest BCUT2D eigenvalue weighted by atomic mass is 9.98. The van der Waals surface area contributed by atoms with Crippen LogP contribution in [0.15, 0.2) is 78.3 Å². The van der Waals surface area contributed by atoms with E-state index in [1.165, 1.54) is 30.2 Å². The minimum Gasteiger partial charge on any atom is -0.482 e. The predicted molar refractivity (Wildman–Crippen MR) is 207 cm³/mol. The molecule has 14 nitrogen and oxygen atoms in total. The number of hydrogen-bond donors (Lipinski definition) is 5. The molecule has 4 aromatic rings. The van der Waals surface area contributed by atoms with Crippen molar-refractivity contribution >= 4 is 40.9 Å². The number of amides is 2. The highest BCUT2D eigenvalue weighted by Crippen LogP contribution is 2.35. The summed E-state index contributed by atoms with van der Waals surface area (Å²) in [6, 6.07) is 14.0. The Hall–Kier alpha value is -5.80. The SMILES string of the molecule is C[C@@H](Oc1cc(-c2nc[nH]c2CN2CCN(CC3CN(c4ccc(NC5CCC(=O)NC5=O)cc4)C3)CC2)cnc1N)c1cc(F)ccc1N=CC=CN. The van der Waals surface area contributed by atoms with E-state index in [-0.39, 0.29) is 23.7 Å². The number of anilines is 3. The van der Waals surface area contributed by atoms with Gasteiger partial charge in [0.05, 0.1) is 23.4 Å². The highest BCUT2D eigenvalue weighted by atomic mass is 19.1. The molecule has 7 rings (SSSR count). The number of nitrogens with one attached hydrogen (secondary N) is 3. The molecule has 2 aromatic heterocycles. The first-order valence-corrected chi connectivity index (χ1v) is 18.3. The van der Waals surface area contributed by atoms with Gasteiger partial charge >= 0.3 is 0 Å². The quantitative estimate of drug-likeness (QED) is 0.0990. The van der Waals surface area contributed by atoms with Gasteiger partial charge in [-0.1, -0.05) is 0 Å². The van der Waals surface area contributed by atoms with Crippen molar-refractivity contribution in [3.63, 3.8) is 0 Å². The first kappa shape index (κ1) is 36.6. The number of ether oxygens (including phenoxy) is 1. The van der Waals surface area contributed by atoms with Gasteiger partial charge in [-0.05, 0) is 74.2 Å². The standard InChI is InChI=1S/C39H46FN11O3/c1-25(31-18-28(40)3-8-32(31)43-12-2-11-41)54-35-17-27(19-44-38(35)42)37-34(45-24-46-37)23-50-15-13-49(14-16-50)20-26-21-51(22-26)30-6-4-29(5-7-30)47-33-9-10-36(52)48-39(33)53/h2-8,11-12,17-19,24-26,33,47H,9-10,13-16,20-23,41H2,1H3,(H2,42,44)(H,45,46)(H,48,52,53)/t25-,33?/m1/s1. The van der Waals surface area contributed by atoms with Crippen molar-refractivity contribution in [3.05, 3.63) is 90.4 Å². The number of nitrogen functional groups attached to an aromatic ring is 1. The van der Waals surface area contributed by atoms with Gasteiger partial charge in [-0.15, -0.1) is 0 Å². The van der Waals surface area contributed by atoms with Crippen LogP contribution in [0.4, 0.5) is 27.3 Å². The molecule has 0 aliphatic carbocycles. The van der Waals surface area contributed by atoms with E-state index in [0.717, 1.165) is 68.5 Å². The summed E-state index contributed by atoms with van der Waals surface area (Å²) >= 11 is 0. The summed E-state index contributed by atoms with van der Waals surface area (Å²) in [6.07, 6.45) is 8.16.